The summed E-state index contributed by atoms with van der Waals surface area (Å²) >= 11 is 5.87. The maximum atomic E-state index is 12.0. The summed E-state index contributed by atoms with van der Waals surface area (Å²) in [6.45, 7) is 4.07. The molecule has 0 atom stereocenters. The molecule has 1 amide bonds. The highest BCUT2D eigenvalue weighted by atomic mass is 35.5. The van der Waals surface area contributed by atoms with Crippen molar-refractivity contribution >= 4 is 23.2 Å². The molecule has 0 aliphatic rings. The zero-order chi connectivity index (χ0) is 12.8. The monoisotopic (exact) mass is 255 g/mol. The van der Waals surface area contributed by atoms with Crippen LogP contribution in [0.2, 0.25) is 5.02 Å². The molecule has 0 radical (unpaired) electrons. The van der Waals surface area contributed by atoms with Gasteiger partial charge in [-0.15, -0.1) is 0 Å². The first-order chi connectivity index (χ1) is 8.12. The molecule has 0 aliphatic heterocycles. The molecule has 5 heteroatoms. The zero-order valence-electron chi connectivity index (χ0n) is 10.1. The lowest BCUT2D eigenvalue weighted by atomic mass is 10.1. The number of amides is 1. The molecule has 17 heavy (non-hydrogen) atoms. The van der Waals surface area contributed by atoms with Crippen LogP contribution in [0.4, 0.5) is 5.69 Å². The van der Waals surface area contributed by atoms with Gasteiger partial charge in [-0.05, 0) is 31.0 Å². The molecule has 0 fully saturated rings. The normalized spacial score (nSPS) is 10.4. The number of carbonyl (C=O) groups is 1. The van der Waals surface area contributed by atoms with Crippen LogP contribution in [0, 0.1) is 0 Å². The molecule has 0 saturated carbocycles. The number of nitrogens with one attached hydrogen (secondary N) is 2. The van der Waals surface area contributed by atoms with Crippen molar-refractivity contribution in [3.05, 3.63) is 28.8 Å². The third kappa shape index (κ3) is 3.61. The fourth-order valence-corrected chi connectivity index (χ4v) is 1.76. The molecule has 0 aliphatic carbocycles. The number of nitrogens with two attached hydrogens (primary N) is 1. The second kappa shape index (κ2) is 6.47. The molecule has 1 aromatic rings. The van der Waals surface area contributed by atoms with E-state index >= 15 is 0 Å². The number of anilines is 1. The van der Waals surface area contributed by atoms with E-state index in [0.29, 0.717) is 16.3 Å². The van der Waals surface area contributed by atoms with Crippen LogP contribution in [0.3, 0.4) is 0 Å². The molecule has 0 unspecified atom stereocenters. The number of rotatable bonds is 5. The Hall–Kier alpha value is -1.26. The summed E-state index contributed by atoms with van der Waals surface area (Å²) in [5.74, 6) is 5.20. The quantitative estimate of drug-likeness (QED) is 0.560. The van der Waals surface area contributed by atoms with E-state index < -0.39 is 0 Å². The van der Waals surface area contributed by atoms with Crippen LogP contribution in [0.5, 0.6) is 0 Å². The van der Waals surface area contributed by atoms with Crippen LogP contribution < -0.4 is 16.6 Å². The smallest absolute Gasteiger partial charge is 0.253 e. The summed E-state index contributed by atoms with van der Waals surface area (Å²) in [4.78, 5) is 12.0. The van der Waals surface area contributed by atoms with Gasteiger partial charge in [0.25, 0.3) is 5.91 Å². The van der Waals surface area contributed by atoms with E-state index in [4.69, 9.17) is 17.4 Å². The molecular formula is C12H18ClN3O. The number of benzene rings is 1. The third-order valence-electron chi connectivity index (χ3n) is 2.70. The van der Waals surface area contributed by atoms with Crippen LogP contribution in [0.15, 0.2) is 18.2 Å². The minimum Gasteiger partial charge on any atom is -0.349 e. The Bertz CT molecular complexity index is 391. The van der Waals surface area contributed by atoms with E-state index in [0.717, 1.165) is 12.8 Å². The first kappa shape index (κ1) is 13.8. The van der Waals surface area contributed by atoms with Crippen molar-refractivity contribution < 1.29 is 4.79 Å². The number of hydrogen-bond acceptors (Lipinski definition) is 3. The standard InChI is InChI=1S/C12H18ClN3O/c1-3-9(4-2)15-12(17)10-7-8(13)5-6-11(10)16-14/h5-7,9,16H,3-4,14H2,1-2H3,(H,15,17). The van der Waals surface area contributed by atoms with E-state index in [9.17, 15) is 4.79 Å². The van der Waals surface area contributed by atoms with Gasteiger partial charge in [-0.3, -0.25) is 10.6 Å². The first-order valence-electron chi connectivity index (χ1n) is 5.69. The van der Waals surface area contributed by atoms with E-state index in [1.165, 1.54) is 0 Å². The van der Waals surface area contributed by atoms with Crippen molar-refractivity contribution in [2.24, 2.45) is 5.84 Å². The molecule has 94 valence electrons. The molecule has 4 N–H and O–H groups in total. The van der Waals surface area contributed by atoms with Crippen molar-refractivity contribution in [1.29, 1.82) is 0 Å². The van der Waals surface area contributed by atoms with Gasteiger partial charge in [0.2, 0.25) is 0 Å². The molecule has 0 saturated heterocycles. The highest BCUT2D eigenvalue weighted by molar-refractivity contribution is 6.31. The Labute approximate surface area is 106 Å². The summed E-state index contributed by atoms with van der Waals surface area (Å²) in [5, 5.41) is 3.45. The first-order valence-corrected chi connectivity index (χ1v) is 6.07. The Balaban J connectivity index is 2.90. The number of nitrogen functional groups attached to an aromatic ring is 1. The van der Waals surface area contributed by atoms with Gasteiger partial charge in [0.05, 0.1) is 11.3 Å². The van der Waals surface area contributed by atoms with Gasteiger partial charge in [0.1, 0.15) is 0 Å². The van der Waals surface area contributed by atoms with Crippen LogP contribution in [-0.2, 0) is 0 Å². The summed E-state index contributed by atoms with van der Waals surface area (Å²) in [6.07, 6.45) is 1.79. The predicted octanol–water partition coefficient (Wildman–Crippen LogP) is 2.54. The number of carbonyl (C=O) groups excluding carboxylic acids is 1. The number of hydrogen-bond donors (Lipinski definition) is 3. The van der Waals surface area contributed by atoms with Gasteiger partial charge in [0.15, 0.2) is 0 Å². The van der Waals surface area contributed by atoms with Gasteiger partial charge < -0.3 is 10.7 Å². The van der Waals surface area contributed by atoms with Gasteiger partial charge in [0, 0.05) is 11.1 Å². The third-order valence-corrected chi connectivity index (χ3v) is 2.94. The average Bonchev–Trinajstić information content (AvgIpc) is 2.35. The van der Waals surface area contributed by atoms with Crippen molar-refractivity contribution in [2.45, 2.75) is 32.7 Å². The maximum Gasteiger partial charge on any atom is 0.253 e. The number of halogens is 1. The van der Waals surface area contributed by atoms with Gasteiger partial charge >= 0.3 is 0 Å². The molecule has 0 aromatic heterocycles. The van der Waals surface area contributed by atoms with E-state index in [2.05, 4.69) is 10.7 Å². The molecule has 0 heterocycles. The second-order valence-electron chi connectivity index (χ2n) is 3.82. The van der Waals surface area contributed by atoms with Crippen molar-refractivity contribution in [3.8, 4) is 0 Å². The molecular weight excluding hydrogens is 238 g/mol. The Morgan fingerprint density at radius 1 is 1.41 bits per heavy atom. The number of hydrazine groups is 1. The van der Waals surface area contributed by atoms with E-state index in [1.54, 1.807) is 18.2 Å². The van der Waals surface area contributed by atoms with Crippen LogP contribution >= 0.6 is 11.6 Å². The fraction of sp³-hybridized carbons (Fsp3) is 0.417. The van der Waals surface area contributed by atoms with E-state index in [1.807, 2.05) is 13.8 Å². The summed E-state index contributed by atoms with van der Waals surface area (Å²) in [7, 11) is 0. The highest BCUT2D eigenvalue weighted by Crippen LogP contribution is 2.20. The van der Waals surface area contributed by atoms with Crippen LogP contribution in [-0.4, -0.2) is 11.9 Å². The van der Waals surface area contributed by atoms with E-state index in [-0.39, 0.29) is 11.9 Å². The minimum absolute atomic E-state index is 0.158. The molecule has 0 spiro atoms. The topological polar surface area (TPSA) is 67.2 Å². The van der Waals surface area contributed by atoms with Crippen molar-refractivity contribution in [1.82, 2.24) is 5.32 Å². The summed E-state index contributed by atoms with van der Waals surface area (Å²) in [5.41, 5.74) is 3.53. The minimum atomic E-state index is -0.158. The van der Waals surface area contributed by atoms with Crippen molar-refractivity contribution in [3.63, 3.8) is 0 Å². The molecule has 1 rings (SSSR count). The SMILES string of the molecule is CCC(CC)NC(=O)c1cc(Cl)ccc1NN. The molecule has 1 aromatic carbocycles. The fourth-order valence-electron chi connectivity index (χ4n) is 1.59. The zero-order valence-corrected chi connectivity index (χ0v) is 10.8. The largest absolute Gasteiger partial charge is 0.349 e. The Kier molecular flexibility index (Phi) is 5.25. The maximum absolute atomic E-state index is 12.0. The summed E-state index contributed by atoms with van der Waals surface area (Å²) in [6, 6.07) is 5.15. The van der Waals surface area contributed by atoms with Gasteiger partial charge in [-0.25, -0.2) is 0 Å². The average molecular weight is 256 g/mol. The van der Waals surface area contributed by atoms with Gasteiger partial charge in [-0.2, -0.15) is 0 Å². The molecule has 4 nitrogen and oxygen atoms in total. The second-order valence-corrected chi connectivity index (χ2v) is 4.26. The lowest BCUT2D eigenvalue weighted by molar-refractivity contribution is 0.0935. The Morgan fingerprint density at radius 3 is 2.59 bits per heavy atom. The summed E-state index contributed by atoms with van der Waals surface area (Å²) < 4.78 is 0. The van der Waals surface area contributed by atoms with Gasteiger partial charge in [-0.1, -0.05) is 25.4 Å². The molecule has 0 bridgehead atoms. The Morgan fingerprint density at radius 2 is 2.06 bits per heavy atom. The highest BCUT2D eigenvalue weighted by Gasteiger charge is 2.14. The predicted molar refractivity (Wildman–Crippen MR) is 71.1 cm³/mol. The van der Waals surface area contributed by atoms with Crippen molar-refractivity contribution in [2.75, 3.05) is 5.43 Å². The van der Waals surface area contributed by atoms with Crippen LogP contribution in [0.1, 0.15) is 37.0 Å². The lowest BCUT2D eigenvalue weighted by Gasteiger charge is -2.16. The van der Waals surface area contributed by atoms with Crippen LogP contribution in [0.25, 0.3) is 0 Å². The lowest BCUT2D eigenvalue weighted by Crippen LogP contribution is -2.34.